The van der Waals surface area contributed by atoms with Crippen LogP contribution in [0.2, 0.25) is 0 Å². The first-order valence-electron chi connectivity index (χ1n) is 7.09. The number of nitrogens with one attached hydrogen (secondary N) is 1. The average molecular weight is 296 g/mol. The fourth-order valence-corrected chi connectivity index (χ4v) is 2.71. The Labute approximate surface area is 125 Å². The Kier molecular flexibility index (Phi) is 5.43. The molecule has 110 valence electrons. The summed E-state index contributed by atoms with van der Waals surface area (Å²) in [5, 5.41) is 2.93. The number of hydrogen-bond donors (Lipinski definition) is 2. The second-order valence-electron chi connectivity index (χ2n) is 5.25. The number of nitrogens with zero attached hydrogens (tertiary/aromatic N) is 1. The molecule has 1 aromatic rings. The summed E-state index contributed by atoms with van der Waals surface area (Å²) in [7, 11) is 0. The van der Waals surface area contributed by atoms with Crippen LogP contribution in [0.4, 0.5) is 4.39 Å². The van der Waals surface area contributed by atoms with Crippen molar-refractivity contribution in [3.63, 3.8) is 0 Å². The first-order valence-corrected chi connectivity index (χ1v) is 7.54. The van der Waals surface area contributed by atoms with Crippen LogP contribution in [-0.4, -0.2) is 37.0 Å². The molecular formula is C15H21FN2OS. The Bertz CT molecular complexity index is 473. The van der Waals surface area contributed by atoms with Gasteiger partial charge in [-0.15, -0.1) is 12.6 Å². The molecule has 1 fully saturated rings. The first kappa shape index (κ1) is 15.3. The number of benzene rings is 1. The molecule has 0 atom stereocenters. The highest BCUT2D eigenvalue weighted by atomic mass is 32.1. The molecular weight excluding hydrogens is 275 g/mol. The van der Waals surface area contributed by atoms with Gasteiger partial charge in [-0.3, -0.25) is 4.79 Å². The predicted octanol–water partition coefficient (Wildman–Crippen LogP) is 2.58. The molecule has 0 aliphatic carbocycles. The number of rotatable bonds is 4. The van der Waals surface area contributed by atoms with Gasteiger partial charge in [0.05, 0.1) is 0 Å². The van der Waals surface area contributed by atoms with Crippen LogP contribution in [-0.2, 0) is 0 Å². The zero-order valence-electron chi connectivity index (χ0n) is 11.7. The van der Waals surface area contributed by atoms with Gasteiger partial charge in [-0.1, -0.05) is 6.92 Å². The lowest BCUT2D eigenvalue weighted by Crippen LogP contribution is -2.38. The van der Waals surface area contributed by atoms with Crippen molar-refractivity contribution in [1.82, 2.24) is 10.2 Å². The third-order valence-corrected chi connectivity index (χ3v) is 4.26. The fourth-order valence-electron chi connectivity index (χ4n) is 2.50. The SMILES string of the molecule is CCN1CCC(CNC(=O)c2ccc(F)c(S)c2)CC1. The molecule has 0 bridgehead atoms. The van der Waals surface area contributed by atoms with Crippen molar-refractivity contribution in [2.75, 3.05) is 26.2 Å². The van der Waals surface area contributed by atoms with E-state index in [0.29, 0.717) is 18.0 Å². The van der Waals surface area contributed by atoms with Crippen LogP contribution in [0.3, 0.4) is 0 Å². The van der Waals surface area contributed by atoms with Gasteiger partial charge in [0.15, 0.2) is 0 Å². The fraction of sp³-hybridized carbons (Fsp3) is 0.533. The van der Waals surface area contributed by atoms with E-state index in [1.165, 1.54) is 18.2 Å². The monoisotopic (exact) mass is 296 g/mol. The van der Waals surface area contributed by atoms with E-state index < -0.39 is 5.82 Å². The molecule has 0 aromatic heterocycles. The minimum absolute atomic E-state index is 0.154. The van der Waals surface area contributed by atoms with Crippen LogP contribution in [0.25, 0.3) is 0 Å². The van der Waals surface area contributed by atoms with Crippen LogP contribution in [0.1, 0.15) is 30.1 Å². The third-order valence-electron chi connectivity index (χ3n) is 3.91. The number of thiol groups is 1. The topological polar surface area (TPSA) is 32.3 Å². The van der Waals surface area contributed by atoms with E-state index in [0.717, 1.165) is 32.5 Å². The predicted molar refractivity (Wildman–Crippen MR) is 80.8 cm³/mol. The van der Waals surface area contributed by atoms with Crippen molar-refractivity contribution in [3.8, 4) is 0 Å². The molecule has 1 amide bonds. The van der Waals surface area contributed by atoms with Crippen LogP contribution >= 0.6 is 12.6 Å². The summed E-state index contributed by atoms with van der Waals surface area (Å²) < 4.78 is 13.1. The average Bonchev–Trinajstić information content (AvgIpc) is 2.48. The molecule has 1 N–H and O–H groups in total. The molecule has 1 aliphatic rings. The van der Waals surface area contributed by atoms with Crippen LogP contribution in [0.15, 0.2) is 23.1 Å². The maximum absolute atomic E-state index is 13.1. The minimum Gasteiger partial charge on any atom is -0.352 e. The van der Waals surface area contributed by atoms with E-state index in [1.807, 2.05) is 0 Å². The highest BCUT2D eigenvalue weighted by Crippen LogP contribution is 2.17. The summed E-state index contributed by atoms with van der Waals surface area (Å²) in [6.07, 6.45) is 2.24. The standard InChI is InChI=1S/C15H21FN2OS/c1-2-18-7-5-11(6-8-18)10-17-15(19)12-3-4-13(16)14(20)9-12/h3-4,9,11,20H,2,5-8,10H2,1H3,(H,17,19). The number of carbonyl (C=O) groups is 1. The summed E-state index contributed by atoms with van der Waals surface area (Å²) in [6, 6.07) is 4.23. The molecule has 5 heteroatoms. The summed E-state index contributed by atoms with van der Waals surface area (Å²) in [5.41, 5.74) is 0.461. The second kappa shape index (κ2) is 7.09. The molecule has 3 nitrogen and oxygen atoms in total. The van der Waals surface area contributed by atoms with E-state index in [-0.39, 0.29) is 10.8 Å². The van der Waals surface area contributed by atoms with E-state index in [2.05, 4.69) is 29.8 Å². The first-order chi connectivity index (χ1) is 9.60. The number of amides is 1. The van der Waals surface area contributed by atoms with Crippen molar-refractivity contribution in [1.29, 1.82) is 0 Å². The van der Waals surface area contributed by atoms with Crippen LogP contribution in [0, 0.1) is 11.7 Å². The zero-order valence-corrected chi connectivity index (χ0v) is 12.6. The quantitative estimate of drug-likeness (QED) is 0.837. The molecule has 0 unspecified atom stereocenters. The molecule has 1 aromatic carbocycles. The van der Waals surface area contributed by atoms with Crippen molar-refractivity contribution in [2.45, 2.75) is 24.7 Å². The largest absolute Gasteiger partial charge is 0.352 e. The Balaban J connectivity index is 1.82. The van der Waals surface area contributed by atoms with E-state index >= 15 is 0 Å². The zero-order chi connectivity index (χ0) is 14.5. The van der Waals surface area contributed by atoms with Gasteiger partial charge in [-0.05, 0) is 56.6 Å². The Morgan fingerprint density at radius 1 is 1.45 bits per heavy atom. The Hall–Kier alpha value is -1.07. The molecule has 20 heavy (non-hydrogen) atoms. The molecule has 1 heterocycles. The highest BCUT2D eigenvalue weighted by molar-refractivity contribution is 7.80. The van der Waals surface area contributed by atoms with Crippen molar-refractivity contribution < 1.29 is 9.18 Å². The molecule has 0 spiro atoms. The van der Waals surface area contributed by atoms with Gasteiger partial charge in [0.2, 0.25) is 0 Å². The summed E-state index contributed by atoms with van der Waals surface area (Å²) >= 11 is 3.99. The number of hydrogen-bond acceptors (Lipinski definition) is 3. The number of carbonyl (C=O) groups excluding carboxylic acids is 1. The van der Waals surface area contributed by atoms with Gasteiger partial charge in [0.25, 0.3) is 5.91 Å². The van der Waals surface area contributed by atoms with Crippen molar-refractivity contribution in [2.24, 2.45) is 5.92 Å². The van der Waals surface area contributed by atoms with Crippen molar-refractivity contribution >= 4 is 18.5 Å². The lowest BCUT2D eigenvalue weighted by molar-refractivity contribution is 0.0936. The second-order valence-corrected chi connectivity index (χ2v) is 5.74. The number of piperidine rings is 1. The van der Waals surface area contributed by atoms with Gasteiger partial charge in [0, 0.05) is 17.0 Å². The summed E-state index contributed by atoms with van der Waals surface area (Å²) in [6.45, 7) is 6.17. The normalized spacial score (nSPS) is 17.1. The van der Waals surface area contributed by atoms with Gasteiger partial charge in [-0.25, -0.2) is 4.39 Å². The van der Waals surface area contributed by atoms with E-state index in [4.69, 9.17) is 0 Å². The van der Waals surface area contributed by atoms with Gasteiger partial charge < -0.3 is 10.2 Å². The third kappa shape index (κ3) is 3.96. The van der Waals surface area contributed by atoms with Gasteiger partial charge in [-0.2, -0.15) is 0 Å². The molecule has 2 rings (SSSR count). The van der Waals surface area contributed by atoms with Crippen LogP contribution < -0.4 is 5.32 Å². The minimum atomic E-state index is -0.406. The Morgan fingerprint density at radius 3 is 2.75 bits per heavy atom. The molecule has 1 aliphatic heterocycles. The van der Waals surface area contributed by atoms with Gasteiger partial charge in [0.1, 0.15) is 5.82 Å². The molecule has 1 saturated heterocycles. The molecule has 0 radical (unpaired) electrons. The van der Waals surface area contributed by atoms with E-state index in [1.54, 1.807) is 0 Å². The lowest BCUT2D eigenvalue weighted by atomic mass is 9.97. The maximum Gasteiger partial charge on any atom is 0.251 e. The van der Waals surface area contributed by atoms with E-state index in [9.17, 15) is 9.18 Å². The smallest absolute Gasteiger partial charge is 0.251 e. The summed E-state index contributed by atoms with van der Waals surface area (Å²) in [4.78, 5) is 14.6. The molecule has 0 saturated carbocycles. The van der Waals surface area contributed by atoms with Crippen LogP contribution in [0.5, 0.6) is 0 Å². The number of halogens is 1. The van der Waals surface area contributed by atoms with Crippen molar-refractivity contribution in [3.05, 3.63) is 29.6 Å². The van der Waals surface area contributed by atoms with Gasteiger partial charge >= 0.3 is 0 Å². The number of likely N-dealkylation sites (tertiary alicyclic amines) is 1. The Morgan fingerprint density at radius 2 is 2.15 bits per heavy atom. The maximum atomic E-state index is 13.1. The highest BCUT2D eigenvalue weighted by Gasteiger charge is 2.18. The summed E-state index contributed by atoms with van der Waals surface area (Å²) in [5.74, 6) is -0.0206. The lowest BCUT2D eigenvalue weighted by Gasteiger charge is -2.31.